The molecule has 0 aliphatic carbocycles. The maximum absolute atomic E-state index is 13.0. The van der Waals surface area contributed by atoms with Crippen molar-refractivity contribution in [2.24, 2.45) is 0 Å². The van der Waals surface area contributed by atoms with Crippen LogP contribution in [-0.4, -0.2) is 23.7 Å². The Balaban J connectivity index is 2.94. The van der Waals surface area contributed by atoms with Crippen molar-refractivity contribution in [3.63, 3.8) is 0 Å². The van der Waals surface area contributed by atoms with Crippen LogP contribution in [-0.2, 0) is 13.6 Å². The molecule has 0 unspecified atom stereocenters. The Labute approximate surface area is 117 Å². The van der Waals surface area contributed by atoms with Crippen LogP contribution in [0, 0.1) is 0 Å². The molecular formula is C14H26NO3P. The summed E-state index contributed by atoms with van der Waals surface area (Å²) in [5.41, 5.74) is 0. The second kappa shape index (κ2) is 7.28. The van der Waals surface area contributed by atoms with Crippen molar-refractivity contribution in [2.45, 2.75) is 59.7 Å². The highest BCUT2D eigenvalue weighted by molar-refractivity contribution is 7.58. The van der Waals surface area contributed by atoms with Crippen LogP contribution < -0.4 is 0 Å². The molecule has 0 N–H and O–H groups in total. The Hall–Kier alpha value is -0.570. The summed E-state index contributed by atoms with van der Waals surface area (Å²) in [7, 11) is -3.20. The van der Waals surface area contributed by atoms with Gasteiger partial charge in [-0.2, -0.15) is 0 Å². The van der Waals surface area contributed by atoms with Crippen LogP contribution in [0.3, 0.4) is 0 Å². The van der Waals surface area contributed by atoms with Crippen molar-refractivity contribution in [3.05, 3.63) is 23.8 Å². The summed E-state index contributed by atoms with van der Waals surface area (Å²) in [5, 5.41) is 0.742. The zero-order valence-electron chi connectivity index (χ0n) is 12.6. The van der Waals surface area contributed by atoms with E-state index in [0.717, 1.165) is 18.3 Å². The minimum Gasteiger partial charge on any atom is -0.354 e. The van der Waals surface area contributed by atoms with Crippen molar-refractivity contribution in [1.29, 1.82) is 0 Å². The third kappa shape index (κ3) is 5.13. The molecule has 0 saturated heterocycles. The molecule has 1 rings (SSSR count). The summed E-state index contributed by atoms with van der Waals surface area (Å²) >= 11 is 0. The zero-order chi connectivity index (χ0) is 14.5. The molecule has 0 fully saturated rings. The first kappa shape index (κ1) is 16.5. The smallest absolute Gasteiger partial charge is 0.354 e. The van der Waals surface area contributed by atoms with Gasteiger partial charge in [0.15, 0.2) is 0 Å². The van der Waals surface area contributed by atoms with Crippen LogP contribution in [0.15, 0.2) is 23.8 Å². The first-order chi connectivity index (χ1) is 8.87. The van der Waals surface area contributed by atoms with Gasteiger partial charge in [0.05, 0.1) is 17.5 Å². The molecule has 1 heterocycles. The molecular weight excluding hydrogens is 261 g/mol. The maximum atomic E-state index is 13.0. The van der Waals surface area contributed by atoms with Gasteiger partial charge in [0.25, 0.3) is 0 Å². The molecule has 0 aromatic heterocycles. The second-order valence-electron chi connectivity index (χ2n) is 5.25. The van der Waals surface area contributed by atoms with E-state index in [2.05, 4.69) is 6.92 Å². The van der Waals surface area contributed by atoms with Gasteiger partial charge >= 0.3 is 7.60 Å². The number of rotatable bonds is 7. The fraction of sp³-hybridized carbons (Fsp3) is 0.714. The summed E-state index contributed by atoms with van der Waals surface area (Å²) in [5.74, 6) is 0. The highest BCUT2D eigenvalue weighted by Crippen LogP contribution is 2.59. The van der Waals surface area contributed by atoms with Gasteiger partial charge in [0.2, 0.25) is 0 Å². The zero-order valence-corrected chi connectivity index (χ0v) is 13.5. The van der Waals surface area contributed by atoms with E-state index in [1.54, 1.807) is 0 Å². The third-order valence-corrected chi connectivity index (χ3v) is 4.87. The van der Waals surface area contributed by atoms with E-state index in [-0.39, 0.29) is 12.2 Å². The lowest BCUT2D eigenvalue weighted by molar-refractivity contribution is 0.146. The standard InChI is InChI=1S/C14H26NO3P/c1-6-9-15-10-7-8-14(11-15)19(16,17-12(2)3)18-13(4)5/h7,10-13H,6,8-9H2,1-5H3. The molecule has 0 saturated carbocycles. The van der Waals surface area contributed by atoms with Gasteiger partial charge < -0.3 is 13.9 Å². The Morgan fingerprint density at radius 3 is 2.32 bits per heavy atom. The first-order valence-corrected chi connectivity index (χ1v) is 8.52. The SMILES string of the molecule is CCCN1C=CCC(P(=O)(OC(C)C)OC(C)C)=C1. The quantitative estimate of drug-likeness (QED) is 0.646. The molecule has 0 amide bonds. The highest BCUT2D eigenvalue weighted by atomic mass is 31.2. The van der Waals surface area contributed by atoms with Gasteiger partial charge in [0, 0.05) is 19.2 Å². The van der Waals surface area contributed by atoms with Gasteiger partial charge in [0.1, 0.15) is 0 Å². The van der Waals surface area contributed by atoms with E-state index in [1.165, 1.54) is 0 Å². The van der Waals surface area contributed by atoms with Crippen LogP contribution in [0.2, 0.25) is 0 Å². The van der Waals surface area contributed by atoms with Crippen molar-refractivity contribution in [2.75, 3.05) is 6.54 Å². The van der Waals surface area contributed by atoms with Gasteiger partial charge in [-0.3, -0.25) is 4.57 Å². The molecule has 0 aromatic carbocycles. The average molecular weight is 287 g/mol. The van der Waals surface area contributed by atoms with Gasteiger partial charge in [-0.25, -0.2) is 0 Å². The lowest BCUT2D eigenvalue weighted by Crippen LogP contribution is -2.16. The van der Waals surface area contributed by atoms with E-state index >= 15 is 0 Å². The molecule has 0 bridgehead atoms. The van der Waals surface area contributed by atoms with E-state index < -0.39 is 7.60 Å². The van der Waals surface area contributed by atoms with Crippen molar-refractivity contribution in [1.82, 2.24) is 4.90 Å². The number of hydrogen-bond acceptors (Lipinski definition) is 4. The summed E-state index contributed by atoms with van der Waals surface area (Å²) in [4.78, 5) is 2.04. The van der Waals surface area contributed by atoms with Gasteiger partial charge in [-0.15, -0.1) is 0 Å². The maximum Gasteiger partial charge on any atom is 0.359 e. The summed E-state index contributed by atoms with van der Waals surface area (Å²) in [6, 6.07) is 0. The average Bonchev–Trinajstić information content (AvgIpc) is 2.27. The predicted molar refractivity (Wildman–Crippen MR) is 78.9 cm³/mol. The third-order valence-electron chi connectivity index (χ3n) is 2.47. The van der Waals surface area contributed by atoms with E-state index in [1.807, 2.05) is 51.1 Å². The van der Waals surface area contributed by atoms with Crippen LogP contribution in [0.4, 0.5) is 0 Å². The van der Waals surface area contributed by atoms with Crippen LogP contribution in [0.1, 0.15) is 47.5 Å². The normalized spacial score (nSPS) is 16.4. The Bertz CT molecular complexity index is 374. The predicted octanol–water partition coefficient (Wildman–Crippen LogP) is 4.50. The molecule has 1 aliphatic heterocycles. The Morgan fingerprint density at radius 1 is 1.26 bits per heavy atom. The number of hydrogen-bond donors (Lipinski definition) is 0. The topological polar surface area (TPSA) is 38.8 Å². The fourth-order valence-corrected chi connectivity index (χ4v) is 3.94. The van der Waals surface area contributed by atoms with E-state index in [4.69, 9.17) is 9.05 Å². The highest BCUT2D eigenvalue weighted by Gasteiger charge is 2.33. The monoisotopic (exact) mass is 287 g/mol. The second-order valence-corrected chi connectivity index (χ2v) is 7.24. The number of nitrogens with zero attached hydrogens (tertiary/aromatic N) is 1. The molecule has 0 radical (unpaired) electrons. The molecule has 1 aliphatic rings. The summed E-state index contributed by atoms with van der Waals surface area (Å²) in [6.45, 7) is 10.5. The van der Waals surface area contributed by atoms with Crippen LogP contribution in [0.25, 0.3) is 0 Å². The molecule has 19 heavy (non-hydrogen) atoms. The Kier molecular flexibility index (Phi) is 6.31. The molecule has 5 heteroatoms. The fourth-order valence-electron chi connectivity index (χ4n) is 1.89. The minimum atomic E-state index is -3.20. The van der Waals surface area contributed by atoms with Crippen molar-refractivity contribution in [3.8, 4) is 0 Å². The summed E-state index contributed by atoms with van der Waals surface area (Å²) in [6.07, 6.45) is 7.33. The Morgan fingerprint density at radius 2 is 1.84 bits per heavy atom. The molecule has 4 nitrogen and oxygen atoms in total. The van der Waals surface area contributed by atoms with Crippen molar-refractivity contribution < 1.29 is 13.6 Å². The van der Waals surface area contributed by atoms with Crippen LogP contribution >= 0.6 is 7.60 Å². The van der Waals surface area contributed by atoms with E-state index in [0.29, 0.717) is 6.42 Å². The molecule has 0 atom stereocenters. The lowest BCUT2D eigenvalue weighted by atomic mass is 10.3. The molecule has 0 spiro atoms. The van der Waals surface area contributed by atoms with Gasteiger partial charge in [-0.1, -0.05) is 13.0 Å². The first-order valence-electron chi connectivity index (χ1n) is 6.98. The van der Waals surface area contributed by atoms with E-state index in [9.17, 15) is 4.57 Å². The minimum absolute atomic E-state index is 0.129. The van der Waals surface area contributed by atoms with Crippen LogP contribution in [0.5, 0.6) is 0 Å². The lowest BCUT2D eigenvalue weighted by Gasteiger charge is -2.28. The molecule has 0 aromatic rings. The summed E-state index contributed by atoms with van der Waals surface area (Å²) < 4.78 is 24.2. The van der Waals surface area contributed by atoms with Gasteiger partial charge in [-0.05, 0) is 40.3 Å². The van der Waals surface area contributed by atoms with Crippen molar-refractivity contribution >= 4 is 7.60 Å². The molecule has 110 valence electrons. The number of allylic oxidation sites excluding steroid dienone is 2. The largest absolute Gasteiger partial charge is 0.359 e.